The van der Waals surface area contributed by atoms with Crippen LogP contribution in [-0.4, -0.2) is 11.4 Å². The van der Waals surface area contributed by atoms with Crippen LogP contribution in [0.2, 0.25) is 0 Å². The Morgan fingerprint density at radius 3 is 1.26 bits per heavy atom. The Morgan fingerprint density at radius 1 is 0.348 bits per heavy atom. The first kappa shape index (κ1) is 25.7. The van der Waals surface area contributed by atoms with E-state index in [0.29, 0.717) is 0 Å². The van der Waals surface area contributed by atoms with Crippen molar-refractivity contribution in [2.24, 2.45) is 9.98 Å². The molecule has 0 aromatic heterocycles. The third kappa shape index (κ3) is 4.25. The van der Waals surface area contributed by atoms with Gasteiger partial charge in [0.15, 0.2) is 0 Å². The molecule has 0 spiro atoms. The molecule has 0 amide bonds. The zero-order valence-corrected chi connectivity index (χ0v) is 25.4. The summed E-state index contributed by atoms with van der Waals surface area (Å²) in [5.74, 6) is 0. The van der Waals surface area contributed by atoms with Crippen LogP contribution in [0.15, 0.2) is 155 Å². The van der Waals surface area contributed by atoms with Crippen molar-refractivity contribution in [3.63, 3.8) is 0 Å². The molecule has 0 unspecified atom stereocenters. The van der Waals surface area contributed by atoms with Gasteiger partial charge < -0.3 is 0 Å². The highest BCUT2D eigenvalue weighted by Crippen LogP contribution is 2.41. The molecule has 216 valence electrons. The fourth-order valence-electron chi connectivity index (χ4n) is 7.63. The molecule has 6 aromatic rings. The topological polar surface area (TPSA) is 24.7 Å². The van der Waals surface area contributed by atoms with Crippen LogP contribution in [-0.2, 0) is 12.8 Å². The smallest absolute Gasteiger partial charge is 0.0675 e. The summed E-state index contributed by atoms with van der Waals surface area (Å²) in [6.07, 6.45) is 12.8. The molecule has 2 heteroatoms. The second-order valence-corrected chi connectivity index (χ2v) is 13.0. The third-order valence-corrected chi connectivity index (χ3v) is 10.2. The van der Waals surface area contributed by atoms with E-state index in [4.69, 9.17) is 9.98 Å². The van der Waals surface area contributed by atoms with Crippen LogP contribution in [0.25, 0.3) is 43.5 Å². The van der Waals surface area contributed by atoms with Crippen molar-refractivity contribution in [1.82, 2.24) is 0 Å². The van der Waals surface area contributed by atoms with E-state index in [1.807, 2.05) is 0 Å². The van der Waals surface area contributed by atoms with Crippen molar-refractivity contribution in [2.75, 3.05) is 0 Å². The first-order valence-electron chi connectivity index (χ1n) is 16.2. The molecule has 0 saturated carbocycles. The van der Waals surface area contributed by atoms with Gasteiger partial charge in [0.2, 0.25) is 0 Å². The van der Waals surface area contributed by atoms with Crippen LogP contribution >= 0.6 is 0 Å². The van der Waals surface area contributed by atoms with E-state index in [1.165, 1.54) is 88.3 Å². The second kappa shape index (κ2) is 9.95. The maximum Gasteiger partial charge on any atom is 0.0675 e. The molecule has 2 aliphatic heterocycles. The molecule has 0 bridgehead atoms. The fourth-order valence-corrected chi connectivity index (χ4v) is 7.63. The highest BCUT2D eigenvalue weighted by atomic mass is 14.8. The van der Waals surface area contributed by atoms with Gasteiger partial charge in [-0.1, -0.05) is 97.1 Å². The number of rotatable bonds is 4. The van der Waals surface area contributed by atoms with E-state index in [-0.39, 0.29) is 0 Å². The van der Waals surface area contributed by atoms with Crippen molar-refractivity contribution in [3.8, 4) is 0 Å². The van der Waals surface area contributed by atoms with Gasteiger partial charge in [-0.3, -0.25) is 9.98 Å². The van der Waals surface area contributed by atoms with E-state index < -0.39 is 0 Å². The van der Waals surface area contributed by atoms with Crippen LogP contribution in [0.4, 0.5) is 11.4 Å². The van der Waals surface area contributed by atoms with Crippen LogP contribution < -0.4 is 0 Å². The zero-order valence-electron chi connectivity index (χ0n) is 25.4. The first-order chi connectivity index (χ1) is 22.7. The van der Waals surface area contributed by atoms with Crippen molar-refractivity contribution in [1.29, 1.82) is 0 Å². The largest absolute Gasteiger partial charge is 0.252 e. The Labute approximate surface area is 268 Å². The number of fused-ring (bicyclic) bond motifs is 5. The molecule has 0 N–H and O–H groups in total. The number of benzene rings is 6. The lowest BCUT2D eigenvalue weighted by atomic mass is 9.95. The van der Waals surface area contributed by atoms with Gasteiger partial charge in [0.25, 0.3) is 0 Å². The maximum atomic E-state index is 5.16. The molecule has 46 heavy (non-hydrogen) atoms. The molecule has 10 rings (SSSR count). The van der Waals surface area contributed by atoms with E-state index in [1.54, 1.807) is 0 Å². The summed E-state index contributed by atoms with van der Waals surface area (Å²) in [5.41, 5.74) is 15.3. The van der Waals surface area contributed by atoms with Crippen LogP contribution in [0, 0.1) is 0 Å². The number of allylic oxidation sites excluding steroid dienone is 8. The van der Waals surface area contributed by atoms with E-state index in [0.717, 1.165) is 37.1 Å². The summed E-state index contributed by atoms with van der Waals surface area (Å²) >= 11 is 0. The molecule has 2 nitrogen and oxygen atoms in total. The summed E-state index contributed by atoms with van der Waals surface area (Å²) < 4.78 is 0. The average molecular weight is 587 g/mol. The summed E-state index contributed by atoms with van der Waals surface area (Å²) in [6.45, 7) is 0. The van der Waals surface area contributed by atoms with Gasteiger partial charge in [-0.25, -0.2) is 0 Å². The van der Waals surface area contributed by atoms with Gasteiger partial charge in [0.1, 0.15) is 0 Å². The summed E-state index contributed by atoms with van der Waals surface area (Å²) in [5, 5.41) is 7.66. The van der Waals surface area contributed by atoms with Crippen molar-refractivity contribution in [2.45, 2.75) is 25.7 Å². The Bertz CT molecular complexity index is 2340. The van der Waals surface area contributed by atoms with Gasteiger partial charge in [-0.15, -0.1) is 0 Å². The van der Waals surface area contributed by atoms with Crippen LogP contribution in [0.1, 0.15) is 35.1 Å². The minimum absolute atomic E-state index is 0.887. The van der Waals surface area contributed by atoms with Gasteiger partial charge in [-0.05, 0) is 126 Å². The lowest BCUT2D eigenvalue weighted by Gasteiger charge is -2.07. The fraction of sp³-hybridized carbons (Fsp3) is 0.0909. The van der Waals surface area contributed by atoms with Gasteiger partial charge >= 0.3 is 0 Å². The molecule has 2 heterocycles. The number of aliphatic imine (C=N–C) groups is 2. The predicted octanol–water partition coefficient (Wildman–Crippen LogP) is 11.2. The lowest BCUT2D eigenvalue weighted by Crippen LogP contribution is -2.01. The van der Waals surface area contributed by atoms with Gasteiger partial charge in [0.05, 0.1) is 11.4 Å². The van der Waals surface area contributed by atoms with Crippen molar-refractivity contribution < 1.29 is 0 Å². The van der Waals surface area contributed by atoms with E-state index in [2.05, 4.69) is 133 Å². The van der Waals surface area contributed by atoms with Crippen LogP contribution in [0.5, 0.6) is 0 Å². The normalized spacial score (nSPS) is 16.7. The Morgan fingerprint density at radius 2 is 0.783 bits per heavy atom. The molecular formula is C44H30N2. The van der Waals surface area contributed by atoms with E-state index in [9.17, 15) is 0 Å². The molecule has 0 radical (unpaired) electrons. The Balaban J connectivity index is 0.853. The summed E-state index contributed by atoms with van der Waals surface area (Å²) in [6, 6.07) is 40.0. The minimum atomic E-state index is 0.887. The molecule has 0 fully saturated rings. The third-order valence-electron chi connectivity index (χ3n) is 10.2. The highest BCUT2D eigenvalue weighted by Gasteiger charge is 2.25. The first-order valence-corrected chi connectivity index (χ1v) is 16.2. The zero-order chi connectivity index (χ0) is 30.2. The second-order valence-electron chi connectivity index (χ2n) is 13.0. The van der Waals surface area contributed by atoms with Gasteiger partial charge in [-0.2, -0.15) is 0 Å². The summed E-state index contributed by atoms with van der Waals surface area (Å²) in [7, 11) is 0. The SMILES string of the molecule is C1=C(C2=Nc3cc4cc5c(cc4cc3C2)N=C(C2=CC=C(c3ccc4ccccc4c3)C2)C5)CC(c2ccc3ccccc3c2)=C1. The average Bonchev–Trinajstić information content (AvgIpc) is 3.91. The lowest BCUT2D eigenvalue weighted by molar-refractivity contribution is 1.31. The van der Waals surface area contributed by atoms with Crippen molar-refractivity contribution in [3.05, 3.63) is 167 Å². The monoisotopic (exact) mass is 586 g/mol. The predicted molar refractivity (Wildman–Crippen MR) is 195 cm³/mol. The summed E-state index contributed by atoms with van der Waals surface area (Å²) in [4.78, 5) is 10.3. The number of nitrogens with zero attached hydrogens (tertiary/aromatic N) is 2. The van der Waals surface area contributed by atoms with Crippen molar-refractivity contribution >= 4 is 66.3 Å². The molecule has 0 saturated heterocycles. The quantitative estimate of drug-likeness (QED) is 0.196. The molecule has 6 aromatic carbocycles. The Kier molecular flexibility index (Phi) is 5.56. The minimum Gasteiger partial charge on any atom is -0.252 e. The molecule has 2 aliphatic carbocycles. The standard InChI is InChI=1S/C44H30N2/c1-3-7-29-17-31(11-9-27(29)5-1)33-13-15-35(19-33)41-25-39-21-37-24-44-40(22-38(37)23-43(39)45-41)26-42(46-44)36-16-14-34(20-36)32-12-10-28-6-2-4-8-30(28)18-32/h1-18,21-24H,19-20,25-26H2. The highest BCUT2D eigenvalue weighted by molar-refractivity contribution is 6.12. The molecular weight excluding hydrogens is 556 g/mol. The van der Waals surface area contributed by atoms with Gasteiger partial charge in [0, 0.05) is 24.3 Å². The number of hydrogen-bond donors (Lipinski definition) is 0. The Hall–Kier alpha value is -5.60. The molecule has 4 aliphatic rings. The van der Waals surface area contributed by atoms with Crippen LogP contribution in [0.3, 0.4) is 0 Å². The molecule has 0 atom stereocenters. The number of hydrogen-bond acceptors (Lipinski definition) is 2. The maximum absolute atomic E-state index is 5.16. The van der Waals surface area contributed by atoms with E-state index >= 15 is 0 Å².